The van der Waals surface area contributed by atoms with Crippen molar-refractivity contribution < 1.29 is 19.5 Å². The van der Waals surface area contributed by atoms with Crippen molar-refractivity contribution in [3.63, 3.8) is 0 Å². The maximum absolute atomic E-state index is 12.6. The summed E-state index contributed by atoms with van der Waals surface area (Å²) in [5.74, 6) is -0.866. The minimum Gasteiger partial charge on any atom is -0.478 e. The lowest BCUT2D eigenvalue weighted by Crippen LogP contribution is -2.16. The quantitative estimate of drug-likeness (QED) is 0.538. The monoisotopic (exact) mass is 382 g/mol. The number of amides is 1. The highest BCUT2D eigenvalue weighted by atomic mass is 35.5. The van der Waals surface area contributed by atoms with Crippen molar-refractivity contribution in [1.29, 1.82) is 0 Å². The lowest BCUT2D eigenvalue weighted by molar-refractivity contribution is 0.0696. The summed E-state index contributed by atoms with van der Waals surface area (Å²) in [6.45, 7) is 0. The number of hydrogen-bond acceptors (Lipinski definition) is 4. The summed E-state index contributed by atoms with van der Waals surface area (Å²) in [4.78, 5) is 29.0. The molecule has 0 unspecified atom stereocenters. The third kappa shape index (κ3) is 4.77. The SMILES string of the molecule is O=C(O)c1ccc(NC(=O)c2cc(Cl)ccc2NOc2ccccc2)cc1. The van der Waals surface area contributed by atoms with Gasteiger partial charge in [0.25, 0.3) is 5.91 Å². The van der Waals surface area contributed by atoms with E-state index in [2.05, 4.69) is 10.8 Å². The number of carbonyl (C=O) groups excluding carboxylic acids is 1. The fourth-order valence-electron chi connectivity index (χ4n) is 2.29. The molecule has 0 spiro atoms. The Morgan fingerprint density at radius 2 is 1.63 bits per heavy atom. The molecule has 0 aliphatic heterocycles. The van der Waals surface area contributed by atoms with Crippen LogP contribution < -0.4 is 15.6 Å². The first-order chi connectivity index (χ1) is 13.0. The minimum absolute atomic E-state index is 0.134. The summed E-state index contributed by atoms with van der Waals surface area (Å²) in [6.07, 6.45) is 0. The molecule has 0 aliphatic rings. The lowest BCUT2D eigenvalue weighted by atomic mass is 10.1. The lowest BCUT2D eigenvalue weighted by Gasteiger charge is -2.13. The number of nitrogens with one attached hydrogen (secondary N) is 2. The fraction of sp³-hybridized carbons (Fsp3) is 0. The van der Waals surface area contributed by atoms with Crippen LogP contribution in [0.3, 0.4) is 0 Å². The molecule has 0 radical (unpaired) electrons. The van der Waals surface area contributed by atoms with Crippen molar-refractivity contribution in [3.05, 3.63) is 88.9 Å². The topological polar surface area (TPSA) is 87.7 Å². The first-order valence-electron chi connectivity index (χ1n) is 7.95. The zero-order chi connectivity index (χ0) is 19.2. The summed E-state index contributed by atoms with van der Waals surface area (Å²) >= 11 is 6.02. The zero-order valence-corrected chi connectivity index (χ0v) is 14.7. The van der Waals surface area contributed by atoms with E-state index in [1.54, 1.807) is 24.3 Å². The van der Waals surface area contributed by atoms with Gasteiger partial charge in [-0.15, -0.1) is 0 Å². The van der Waals surface area contributed by atoms with Gasteiger partial charge in [0, 0.05) is 10.7 Å². The molecule has 3 aromatic rings. The number of benzene rings is 3. The van der Waals surface area contributed by atoms with Gasteiger partial charge < -0.3 is 15.3 Å². The summed E-state index contributed by atoms with van der Waals surface area (Å²) in [5.41, 5.74) is 4.05. The molecule has 0 saturated carbocycles. The number of halogens is 1. The number of carbonyl (C=O) groups is 2. The van der Waals surface area contributed by atoms with Gasteiger partial charge >= 0.3 is 5.97 Å². The molecule has 3 aromatic carbocycles. The van der Waals surface area contributed by atoms with Gasteiger partial charge in [0.2, 0.25) is 0 Å². The van der Waals surface area contributed by atoms with Gasteiger partial charge in [-0.25, -0.2) is 10.3 Å². The molecular weight excluding hydrogens is 368 g/mol. The molecule has 0 atom stereocenters. The second-order valence-corrected chi connectivity index (χ2v) is 5.98. The number of hydrogen-bond donors (Lipinski definition) is 3. The van der Waals surface area contributed by atoms with Crippen molar-refractivity contribution in [2.75, 3.05) is 10.8 Å². The third-order valence-electron chi connectivity index (χ3n) is 3.64. The average molecular weight is 383 g/mol. The van der Waals surface area contributed by atoms with E-state index in [0.717, 1.165) is 0 Å². The first-order valence-corrected chi connectivity index (χ1v) is 8.33. The Kier molecular flexibility index (Phi) is 5.58. The summed E-state index contributed by atoms with van der Waals surface area (Å²) in [7, 11) is 0. The second kappa shape index (κ2) is 8.25. The molecule has 6 nitrogen and oxygen atoms in total. The Bertz CT molecular complexity index is 959. The Morgan fingerprint density at radius 3 is 2.30 bits per heavy atom. The molecule has 0 aromatic heterocycles. The Balaban J connectivity index is 1.76. The predicted octanol–water partition coefficient (Wildman–Crippen LogP) is 4.70. The van der Waals surface area contributed by atoms with Gasteiger partial charge in [-0.3, -0.25) is 4.79 Å². The normalized spacial score (nSPS) is 10.1. The van der Waals surface area contributed by atoms with Crippen molar-refractivity contribution in [3.8, 4) is 5.75 Å². The van der Waals surface area contributed by atoms with Crippen LogP contribution in [0.25, 0.3) is 0 Å². The van der Waals surface area contributed by atoms with Crippen LogP contribution in [0.2, 0.25) is 5.02 Å². The molecule has 7 heteroatoms. The molecule has 3 rings (SSSR count). The van der Waals surface area contributed by atoms with E-state index < -0.39 is 11.9 Å². The number of carboxylic acid groups (broad SMARTS) is 1. The molecule has 0 saturated heterocycles. The van der Waals surface area contributed by atoms with Crippen molar-refractivity contribution >= 4 is 34.9 Å². The molecule has 136 valence electrons. The van der Waals surface area contributed by atoms with Crippen LogP contribution in [0.1, 0.15) is 20.7 Å². The molecule has 1 amide bonds. The van der Waals surface area contributed by atoms with Crippen LogP contribution in [-0.4, -0.2) is 17.0 Å². The van der Waals surface area contributed by atoms with Crippen LogP contribution in [-0.2, 0) is 0 Å². The first kappa shape index (κ1) is 18.3. The summed E-state index contributed by atoms with van der Waals surface area (Å²) in [6, 6.07) is 19.7. The van der Waals surface area contributed by atoms with Gasteiger partial charge in [0.1, 0.15) is 0 Å². The molecule has 0 fully saturated rings. The van der Waals surface area contributed by atoms with Crippen molar-refractivity contribution in [2.45, 2.75) is 0 Å². The minimum atomic E-state index is -1.03. The number of carboxylic acids is 1. The summed E-state index contributed by atoms with van der Waals surface area (Å²) < 4.78 is 0. The standard InChI is InChI=1S/C20H15ClN2O4/c21-14-8-11-18(23-27-16-4-2-1-3-5-16)17(12-14)19(24)22-15-9-6-13(7-10-15)20(25)26/h1-12,23H,(H,22,24)(H,25,26). The largest absolute Gasteiger partial charge is 0.478 e. The van der Waals surface area contributed by atoms with E-state index in [4.69, 9.17) is 21.5 Å². The molecular formula is C20H15ClN2O4. The van der Waals surface area contributed by atoms with Crippen molar-refractivity contribution in [1.82, 2.24) is 0 Å². The Hall–Kier alpha value is -3.51. The van der Waals surface area contributed by atoms with Crippen LogP contribution in [0, 0.1) is 0 Å². The molecule has 0 aliphatic carbocycles. The summed E-state index contributed by atoms with van der Waals surface area (Å²) in [5, 5.41) is 12.0. The maximum atomic E-state index is 12.6. The van der Waals surface area contributed by atoms with E-state index in [-0.39, 0.29) is 11.1 Å². The van der Waals surface area contributed by atoms with E-state index >= 15 is 0 Å². The average Bonchev–Trinajstić information content (AvgIpc) is 2.68. The number of anilines is 2. The Morgan fingerprint density at radius 1 is 0.926 bits per heavy atom. The third-order valence-corrected chi connectivity index (χ3v) is 3.87. The molecule has 0 heterocycles. The van der Waals surface area contributed by atoms with Gasteiger partial charge in [0.15, 0.2) is 5.75 Å². The van der Waals surface area contributed by atoms with Crippen LogP contribution in [0.15, 0.2) is 72.8 Å². The smallest absolute Gasteiger partial charge is 0.335 e. The van der Waals surface area contributed by atoms with Gasteiger partial charge in [-0.1, -0.05) is 29.8 Å². The highest BCUT2D eigenvalue weighted by Crippen LogP contribution is 2.23. The number of para-hydroxylation sites is 1. The molecule has 27 heavy (non-hydrogen) atoms. The fourth-order valence-corrected chi connectivity index (χ4v) is 2.46. The van der Waals surface area contributed by atoms with Crippen LogP contribution in [0.4, 0.5) is 11.4 Å². The maximum Gasteiger partial charge on any atom is 0.335 e. The van der Waals surface area contributed by atoms with Gasteiger partial charge in [-0.05, 0) is 54.6 Å². The zero-order valence-electron chi connectivity index (χ0n) is 14.0. The van der Waals surface area contributed by atoms with E-state index in [1.165, 1.54) is 30.3 Å². The second-order valence-electron chi connectivity index (χ2n) is 5.54. The Labute approximate surface area is 160 Å². The molecule has 0 bridgehead atoms. The van der Waals surface area contributed by atoms with Crippen molar-refractivity contribution in [2.24, 2.45) is 0 Å². The van der Waals surface area contributed by atoms with Crippen LogP contribution in [0.5, 0.6) is 5.75 Å². The van der Waals surface area contributed by atoms with E-state index in [1.807, 2.05) is 18.2 Å². The van der Waals surface area contributed by atoms with Gasteiger partial charge in [0.05, 0.1) is 16.8 Å². The number of aromatic carboxylic acids is 1. The van der Waals surface area contributed by atoms with Crippen LogP contribution >= 0.6 is 11.6 Å². The van der Waals surface area contributed by atoms with E-state index in [0.29, 0.717) is 22.1 Å². The predicted molar refractivity (Wildman–Crippen MR) is 103 cm³/mol. The van der Waals surface area contributed by atoms with Gasteiger partial charge in [-0.2, -0.15) is 0 Å². The molecule has 3 N–H and O–H groups in total. The van der Waals surface area contributed by atoms with E-state index in [9.17, 15) is 9.59 Å². The highest BCUT2D eigenvalue weighted by molar-refractivity contribution is 6.31. The highest BCUT2D eigenvalue weighted by Gasteiger charge is 2.14. The number of rotatable bonds is 6.